The number of benzene rings is 1. The van der Waals surface area contributed by atoms with Crippen LogP contribution in [-0.2, 0) is 9.59 Å². The summed E-state index contributed by atoms with van der Waals surface area (Å²) in [5.41, 5.74) is 14.4. The Balaban J connectivity index is 1.68. The lowest BCUT2D eigenvalue weighted by molar-refractivity contribution is -0.114. The molecule has 2 aromatic heterocycles. The SMILES string of the molecule is CC(=O)C1=C(C)Nc2nc(N)[nH]c(=O)c2C1c1ccc(C2C(C(C)=O)=C(C)Nc3nc(N)[nH]c(=O)c32)cc1. The maximum absolute atomic E-state index is 13.0. The molecule has 0 aliphatic carbocycles. The zero-order chi connectivity index (χ0) is 27.5. The highest BCUT2D eigenvalue weighted by Gasteiger charge is 2.36. The molecule has 12 heteroatoms. The molecule has 0 spiro atoms. The van der Waals surface area contributed by atoms with Gasteiger partial charge < -0.3 is 22.1 Å². The van der Waals surface area contributed by atoms with Crippen molar-refractivity contribution in [3.8, 4) is 0 Å². The second-order valence-corrected chi connectivity index (χ2v) is 9.40. The van der Waals surface area contributed by atoms with Gasteiger partial charge in [0.2, 0.25) is 11.9 Å². The molecule has 8 N–H and O–H groups in total. The van der Waals surface area contributed by atoms with Crippen molar-refractivity contribution in [3.63, 3.8) is 0 Å². The molecule has 0 bridgehead atoms. The maximum Gasteiger partial charge on any atom is 0.258 e. The number of ketones is 2. The third kappa shape index (κ3) is 3.86. The van der Waals surface area contributed by atoms with Crippen LogP contribution in [0.25, 0.3) is 0 Å². The fraction of sp³-hybridized carbons (Fsp3) is 0.231. The monoisotopic (exact) mass is 514 g/mol. The van der Waals surface area contributed by atoms with Gasteiger partial charge in [0, 0.05) is 34.4 Å². The summed E-state index contributed by atoms with van der Waals surface area (Å²) in [7, 11) is 0. The Morgan fingerprint density at radius 1 is 0.711 bits per heavy atom. The van der Waals surface area contributed by atoms with E-state index in [0.717, 1.165) is 0 Å². The average molecular weight is 515 g/mol. The fourth-order valence-electron chi connectivity index (χ4n) is 5.42. The molecule has 12 nitrogen and oxygen atoms in total. The zero-order valence-corrected chi connectivity index (χ0v) is 21.1. The highest BCUT2D eigenvalue weighted by atomic mass is 16.1. The summed E-state index contributed by atoms with van der Waals surface area (Å²) < 4.78 is 0. The van der Waals surface area contributed by atoms with E-state index in [1.165, 1.54) is 13.8 Å². The van der Waals surface area contributed by atoms with E-state index in [4.69, 9.17) is 11.5 Å². The van der Waals surface area contributed by atoms with Crippen LogP contribution in [0.3, 0.4) is 0 Å². The van der Waals surface area contributed by atoms with Crippen LogP contribution in [0.2, 0.25) is 0 Å². The van der Waals surface area contributed by atoms with Crippen molar-refractivity contribution in [3.05, 3.63) is 89.8 Å². The summed E-state index contributed by atoms with van der Waals surface area (Å²) in [6, 6.07) is 7.09. The number of carbonyl (C=O) groups excluding carboxylic acids is 2. The molecular formula is C26H26N8O4. The molecule has 2 atom stereocenters. The molecule has 38 heavy (non-hydrogen) atoms. The molecule has 2 aliphatic rings. The number of nitrogen functional groups attached to an aromatic ring is 2. The van der Waals surface area contributed by atoms with Gasteiger partial charge in [-0.2, -0.15) is 9.97 Å². The van der Waals surface area contributed by atoms with E-state index in [0.29, 0.717) is 33.7 Å². The number of nitrogens with zero attached hydrogens (tertiary/aromatic N) is 2. The first-order valence-electron chi connectivity index (χ1n) is 11.8. The number of hydrogen-bond donors (Lipinski definition) is 6. The zero-order valence-electron chi connectivity index (χ0n) is 21.1. The molecule has 0 saturated heterocycles. The lowest BCUT2D eigenvalue weighted by atomic mass is 9.78. The largest absolute Gasteiger partial charge is 0.369 e. The molecule has 0 saturated carbocycles. The van der Waals surface area contributed by atoms with E-state index in [1.807, 2.05) is 0 Å². The molecule has 194 valence electrons. The fourth-order valence-corrected chi connectivity index (χ4v) is 5.42. The maximum atomic E-state index is 13.0. The van der Waals surface area contributed by atoms with Gasteiger partial charge in [-0.15, -0.1) is 0 Å². The molecule has 1 aromatic carbocycles. The van der Waals surface area contributed by atoms with Gasteiger partial charge in [-0.3, -0.25) is 29.1 Å². The summed E-state index contributed by atoms with van der Waals surface area (Å²) >= 11 is 0. The Morgan fingerprint density at radius 3 is 1.37 bits per heavy atom. The van der Waals surface area contributed by atoms with Crippen molar-refractivity contribution < 1.29 is 9.59 Å². The van der Waals surface area contributed by atoms with Crippen molar-refractivity contribution in [2.24, 2.45) is 0 Å². The number of hydrogen-bond acceptors (Lipinski definition) is 10. The first-order valence-corrected chi connectivity index (χ1v) is 11.8. The van der Waals surface area contributed by atoms with Gasteiger partial charge >= 0.3 is 0 Å². The molecule has 5 rings (SSSR count). The third-order valence-corrected chi connectivity index (χ3v) is 6.88. The number of nitrogens with two attached hydrogens (primary N) is 2. The van der Waals surface area contributed by atoms with Crippen molar-refractivity contribution >= 4 is 35.1 Å². The molecule has 2 aliphatic heterocycles. The Kier molecular flexibility index (Phi) is 5.74. The highest BCUT2D eigenvalue weighted by molar-refractivity contribution is 5.99. The van der Waals surface area contributed by atoms with Gasteiger partial charge in [0.25, 0.3) is 11.1 Å². The van der Waals surface area contributed by atoms with Crippen LogP contribution in [0.15, 0.2) is 56.4 Å². The number of anilines is 4. The van der Waals surface area contributed by atoms with Crippen LogP contribution in [0.5, 0.6) is 0 Å². The minimum Gasteiger partial charge on any atom is -0.369 e. The van der Waals surface area contributed by atoms with Gasteiger partial charge in [0.1, 0.15) is 11.6 Å². The first kappa shape index (κ1) is 24.7. The lowest BCUT2D eigenvalue weighted by Crippen LogP contribution is -2.31. The molecule has 4 heterocycles. The minimum atomic E-state index is -0.704. The Morgan fingerprint density at radius 2 is 1.05 bits per heavy atom. The molecule has 2 unspecified atom stereocenters. The summed E-state index contributed by atoms with van der Waals surface area (Å²) in [6.45, 7) is 6.36. The van der Waals surface area contributed by atoms with Crippen molar-refractivity contribution in [2.45, 2.75) is 39.5 Å². The van der Waals surface area contributed by atoms with E-state index in [2.05, 4.69) is 30.6 Å². The number of carbonyl (C=O) groups is 2. The third-order valence-electron chi connectivity index (χ3n) is 6.88. The van der Waals surface area contributed by atoms with Crippen molar-refractivity contribution in [2.75, 3.05) is 22.1 Å². The summed E-state index contributed by atoms with van der Waals surface area (Å²) in [6.07, 6.45) is 0. The number of H-pyrrole nitrogens is 2. The van der Waals surface area contributed by atoms with Gasteiger partial charge in [-0.25, -0.2) is 0 Å². The first-order chi connectivity index (χ1) is 18.0. The predicted octanol–water partition coefficient (Wildman–Crippen LogP) is 1.86. The summed E-state index contributed by atoms with van der Waals surface area (Å²) in [4.78, 5) is 64.8. The van der Waals surface area contributed by atoms with Gasteiger partial charge in [0.15, 0.2) is 11.6 Å². The van der Waals surface area contributed by atoms with Crippen LogP contribution >= 0.6 is 0 Å². The molecule has 3 aromatic rings. The van der Waals surface area contributed by atoms with Crippen LogP contribution < -0.4 is 33.2 Å². The number of aromatic nitrogens is 4. The second kappa shape index (κ2) is 8.83. The molecule has 0 fully saturated rings. The molecule has 0 radical (unpaired) electrons. The second-order valence-electron chi connectivity index (χ2n) is 9.40. The number of aromatic amines is 2. The standard InChI is InChI=1S/C26H26N8O4/c1-9-15(11(3)35)17(19-21(29-9)31-25(27)33-23(19)37)13-5-7-14(8-6-13)18-16(12(4)36)10(2)30-22-20(18)24(38)34-26(28)32-22/h5-8,17-18H,1-4H3,(H4,27,29,31,33,37)(H4,28,30,32,34,38). The predicted molar refractivity (Wildman–Crippen MR) is 143 cm³/mol. The van der Waals surface area contributed by atoms with E-state index < -0.39 is 23.0 Å². The molecular weight excluding hydrogens is 488 g/mol. The normalized spacial score (nSPS) is 18.3. The van der Waals surface area contributed by atoms with Gasteiger partial charge in [0.05, 0.1) is 11.1 Å². The summed E-state index contributed by atoms with van der Waals surface area (Å²) in [5.74, 6) is -1.34. The lowest BCUT2D eigenvalue weighted by Gasteiger charge is -2.30. The summed E-state index contributed by atoms with van der Waals surface area (Å²) in [5, 5.41) is 6.04. The number of Topliss-reactive ketones (excluding diaryl/α,β-unsaturated/α-hetero) is 2. The van der Waals surface area contributed by atoms with E-state index in [-0.39, 0.29) is 46.2 Å². The van der Waals surface area contributed by atoms with Gasteiger partial charge in [-0.1, -0.05) is 24.3 Å². The van der Waals surface area contributed by atoms with Crippen LogP contribution in [0.1, 0.15) is 61.8 Å². The van der Waals surface area contributed by atoms with E-state index >= 15 is 0 Å². The topological polar surface area (TPSA) is 202 Å². The highest BCUT2D eigenvalue weighted by Crippen LogP contribution is 2.42. The van der Waals surface area contributed by atoms with Crippen LogP contribution in [0, 0.1) is 0 Å². The Labute approximate surface area is 216 Å². The number of rotatable bonds is 4. The van der Waals surface area contributed by atoms with Crippen molar-refractivity contribution in [1.82, 2.24) is 19.9 Å². The van der Waals surface area contributed by atoms with E-state index in [9.17, 15) is 19.2 Å². The van der Waals surface area contributed by atoms with Gasteiger partial charge in [-0.05, 0) is 38.8 Å². The quantitative estimate of drug-likeness (QED) is 0.298. The number of allylic oxidation sites excluding steroid dienone is 4. The van der Waals surface area contributed by atoms with E-state index in [1.54, 1.807) is 38.1 Å². The average Bonchev–Trinajstić information content (AvgIpc) is 2.81. The number of nitrogens with one attached hydrogen (secondary N) is 4. The number of fused-ring (bicyclic) bond motifs is 2. The van der Waals surface area contributed by atoms with Crippen molar-refractivity contribution in [1.29, 1.82) is 0 Å². The minimum absolute atomic E-state index is 0.0441. The molecule has 0 amide bonds. The van der Waals surface area contributed by atoms with Crippen LogP contribution in [0.4, 0.5) is 23.5 Å². The Bertz CT molecular complexity index is 1590. The Hall–Kier alpha value is -5.00. The van der Waals surface area contributed by atoms with Crippen LogP contribution in [-0.4, -0.2) is 31.5 Å². The smallest absolute Gasteiger partial charge is 0.258 e.